The molecule has 0 amide bonds. The van der Waals surface area contributed by atoms with E-state index in [9.17, 15) is 0 Å². The Balaban J connectivity index is 2.08. The summed E-state index contributed by atoms with van der Waals surface area (Å²) in [5.74, 6) is 1.82. The zero-order chi connectivity index (χ0) is 14.8. The molecule has 5 nitrogen and oxygen atoms in total. The first-order chi connectivity index (χ1) is 10.2. The van der Waals surface area contributed by atoms with Crippen LogP contribution in [0, 0.1) is 0 Å². The molecule has 2 heterocycles. The van der Waals surface area contributed by atoms with E-state index in [0.717, 1.165) is 48.2 Å². The van der Waals surface area contributed by atoms with Crippen molar-refractivity contribution in [2.45, 2.75) is 18.8 Å². The molecule has 0 spiro atoms. The number of methoxy groups -OCH3 is 2. The normalized spacial score (nSPS) is 16.1. The summed E-state index contributed by atoms with van der Waals surface area (Å²) in [6.07, 6.45) is 2.16. The summed E-state index contributed by atoms with van der Waals surface area (Å²) >= 11 is 0. The highest BCUT2D eigenvalue weighted by Gasteiger charge is 2.20. The van der Waals surface area contributed by atoms with Crippen molar-refractivity contribution in [3.8, 4) is 11.5 Å². The van der Waals surface area contributed by atoms with E-state index >= 15 is 0 Å². The molecule has 0 saturated carbocycles. The molecule has 0 bridgehead atoms. The molecule has 1 aliphatic rings. The number of nitrogens with two attached hydrogens (primary N) is 1. The number of benzene rings is 1. The van der Waals surface area contributed by atoms with Crippen LogP contribution >= 0.6 is 0 Å². The predicted octanol–water partition coefficient (Wildman–Crippen LogP) is 2.30. The highest BCUT2D eigenvalue weighted by atomic mass is 16.5. The summed E-state index contributed by atoms with van der Waals surface area (Å²) in [5.41, 5.74) is 8.90. The molecule has 21 heavy (non-hydrogen) atoms. The van der Waals surface area contributed by atoms with E-state index in [-0.39, 0.29) is 0 Å². The predicted molar refractivity (Wildman–Crippen MR) is 84.1 cm³/mol. The number of hydrogen-bond acceptors (Lipinski definition) is 5. The molecule has 3 N–H and O–H groups in total. The average Bonchev–Trinajstić information content (AvgIpc) is 2.53. The Labute approximate surface area is 124 Å². The van der Waals surface area contributed by atoms with Gasteiger partial charge in [-0.25, -0.2) is 0 Å². The Morgan fingerprint density at radius 2 is 1.76 bits per heavy atom. The Kier molecular flexibility index (Phi) is 3.84. The molecule has 1 aliphatic heterocycles. The lowest BCUT2D eigenvalue weighted by atomic mass is 9.92. The summed E-state index contributed by atoms with van der Waals surface area (Å²) in [5, 5.41) is 4.34. The van der Waals surface area contributed by atoms with Crippen molar-refractivity contribution in [3.05, 3.63) is 23.9 Å². The number of fused-ring (bicyclic) bond motifs is 1. The molecule has 2 aromatic rings. The van der Waals surface area contributed by atoms with Crippen LogP contribution in [-0.2, 0) is 0 Å². The number of rotatable bonds is 3. The van der Waals surface area contributed by atoms with Crippen molar-refractivity contribution in [1.29, 1.82) is 0 Å². The first kappa shape index (κ1) is 13.9. The maximum atomic E-state index is 6.22. The second-order valence-electron chi connectivity index (χ2n) is 5.39. The van der Waals surface area contributed by atoms with Gasteiger partial charge in [-0.3, -0.25) is 4.98 Å². The lowest BCUT2D eigenvalue weighted by Crippen LogP contribution is -2.27. The topological polar surface area (TPSA) is 69.4 Å². The van der Waals surface area contributed by atoms with Crippen LogP contribution in [0.3, 0.4) is 0 Å². The van der Waals surface area contributed by atoms with Gasteiger partial charge in [-0.05, 0) is 38.1 Å². The summed E-state index contributed by atoms with van der Waals surface area (Å²) in [4.78, 5) is 4.79. The first-order valence-corrected chi connectivity index (χ1v) is 7.25. The van der Waals surface area contributed by atoms with Crippen molar-refractivity contribution in [2.24, 2.45) is 0 Å². The van der Waals surface area contributed by atoms with E-state index in [1.807, 2.05) is 18.2 Å². The van der Waals surface area contributed by atoms with E-state index in [2.05, 4.69) is 5.32 Å². The Morgan fingerprint density at radius 1 is 1.10 bits per heavy atom. The van der Waals surface area contributed by atoms with Crippen molar-refractivity contribution in [3.63, 3.8) is 0 Å². The number of ether oxygens (including phenoxy) is 2. The van der Waals surface area contributed by atoms with Gasteiger partial charge >= 0.3 is 0 Å². The lowest BCUT2D eigenvalue weighted by Gasteiger charge is -2.23. The van der Waals surface area contributed by atoms with E-state index in [4.69, 9.17) is 20.2 Å². The summed E-state index contributed by atoms with van der Waals surface area (Å²) < 4.78 is 10.7. The second-order valence-corrected chi connectivity index (χ2v) is 5.39. The monoisotopic (exact) mass is 287 g/mol. The molecular weight excluding hydrogens is 266 g/mol. The molecule has 3 rings (SSSR count). The molecule has 1 aromatic carbocycles. The number of pyridine rings is 1. The first-order valence-electron chi connectivity index (χ1n) is 7.25. The standard InChI is InChI=1S/C16H21N3O2/c1-20-14-8-11-7-12(17)16(10-3-5-18-6-4-10)19-13(11)9-15(14)21-2/h7-10,18H,3-6,17H2,1-2H3. The van der Waals surface area contributed by atoms with Crippen LogP contribution in [0.25, 0.3) is 10.9 Å². The third-order valence-corrected chi connectivity index (χ3v) is 4.11. The van der Waals surface area contributed by atoms with E-state index in [1.54, 1.807) is 14.2 Å². The fourth-order valence-corrected chi connectivity index (χ4v) is 2.95. The molecule has 1 saturated heterocycles. The number of hydrogen-bond donors (Lipinski definition) is 2. The molecule has 1 aromatic heterocycles. The van der Waals surface area contributed by atoms with Crippen LogP contribution in [0.4, 0.5) is 5.69 Å². The third-order valence-electron chi connectivity index (χ3n) is 4.11. The Morgan fingerprint density at radius 3 is 2.43 bits per heavy atom. The maximum absolute atomic E-state index is 6.22. The lowest BCUT2D eigenvalue weighted by molar-refractivity contribution is 0.355. The minimum Gasteiger partial charge on any atom is -0.493 e. The van der Waals surface area contributed by atoms with Crippen LogP contribution in [0.2, 0.25) is 0 Å². The fraction of sp³-hybridized carbons (Fsp3) is 0.438. The number of aromatic nitrogens is 1. The largest absolute Gasteiger partial charge is 0.493 e. The molecule has 0 unspecified atom stereocenters. The van der Waals surface area contributed by atoms with Gasteiger partial charge in [-0.15, -0.1) is 0 Å². The van der Waals surface area contributed by atoms with Crippen LogP contribution < -0.4 is 20.5 Å². The van der Waals surface area contributed by atoms with Crippen LogP contribution in [0.15, 0.2) is 18.2 Å². The molecule has 5 heteroatoms. The minimum atomic E-state index is 0.434. The van der Waals surface area contributed by atoms with Crippen LogP contribution in [-0.4, -0.2) is 32.3 Å². The number of anilines is 1. The summed E-state index contributed by atoms with van der Waals surface area (Å²) in [6, 6.07) is 5.82. The van der Waals surface area contributed by atoms with Gasteiger partial charge in [-0.2, -0.15) is 0 Å². The van der Waals surface area contributed by atoms with Gasteiger partial charge in [0.05, 0.1) is 31.1 Å². The zero-order valence-corrected chi connectivity index (χ0v) is 12.5. The van der Waals surface area contributed by atoms with Crippen molar-refractivity contribution >= 4 is 16.6 Å². The third kappa shape index (κ3) is 2.61. The number of nitrogen functional groups attached to an aromatic ring is 1. The SMILES string of the molecule is COc1cc2cc(N)c(C3CCNCC3)nc2cc1OC. The van der Waals surface area contributed by atoms with Crippen molar-refractivity contribution < 1.29 is 9.47 Å². The Bertz CT molecular complexity index is 652. The second kappa shape index (κ2) is 5.77. The number of nitrogens with zero attached hydrogens (tertiary/aromatic N) is 1. The van der Waals surface area contributed by atoms with Gasteiger partial charge in [0.25, 0.3) is 0 Å². The maximum Gasteiger partial charge on any atom is 0.162 e. The summed E-state index contributed by atoms with van der Waals surface area (Å²) in [6.45, 7) is 2.05. The van der Waals surface area contributed by atoms with Gasteiger partial charge in [0.1, 0.15) is 0 Å². The fourth-order valence-electron chi connectivity index (χ4n) is 2.95. The van der Waals surface area contributed by atoms with Crippen molar-refractivity contribution in [1.82, 2.24) is 10.3 Å². The quantitative estimate of drug-likeness (QED) is 0.906. The molecule has 0 atom stereocenters. The minimum absolute atomic E-state index is 0.434. The van der Waals surface area contributed by atoms with Gasteiger partial charge in [0, 0.05) is 17.4 Å². The van der Waals surface area contributed by atoms with Crippen LogP contribution in [0.1, 0.15) is 24.5 Å². The van der Waals surface area contributed by atoms with E-state index < -0.39 is 0 Å². The van der Waals surface area contributed by atoms with Gasteiger partial charge < -0.3 is 20.5 Å². The Hall–Kier alpha value is -2.01. The molecule has 1 fully saturated rings. The van der Waals surface area contributed by atoms with E-state index in [1.165, 1.54) is 0 Å². The molecule has 0 radical (unpaired) electrons. The van der Waals surface area contributed by atoms with Crippen molar-refractivity contribution in [2.75, 3.05) is 33.0 Å². The van der Waals surface area contributed by atoms with Gasteiger partial charge in [0.15, 0.2) is 11.5 Å². The smallest absolute Gasteiger partial charge is 0.162 e. The zero-order valence-electron chi connectivity index (χ0n) is 12.5. The van der Waals surface area contributed by atoms with Gasteiger partial charge in [-0.1, -0.05) is 0 Å². The summed E-state index contributed by atoms with van der Waals surface area (Å²) in [7, 11) is 3.26. The van der Waals surface area contributed by atoms with Gasteiger partial charge in [0.2, 0.25) is 0 Å². The molecular formula is C16H21N3O2. The highest BCUT2D eigenvalue weighted by molar-refractivity contribution is 5.85. The average molecular weight is 287 g/mol. The number of nitrogens with one attached hydrogen (secondary N) is 1. The van der Waals surface area contributed by atoms with Crippen LogP contribution in [0.5, 0.6) is 11.5 Å². The molecule has 112 valence electrons. The number of piperidine rings is 1. The molecule has 0 aliphatic carbocycles. The highest BCUT2D eigenvalue weighted by Crippen LogP contribution is 2.35. The van der Waals surface area contributed by atoms with E-state index in [0.29, 0.717) is 17.4 Å².